The van der Waals surface area contributed by atoms with Crippen LogP contribution in [0.4, 0.5) is 0 Å². The molecule has 0 aliphatic carbocycles. The highest BCUT2D eigenvalue weighted by atomic mass is 14.1. The van der Waals surface area contributed by atoms with Gasteiger partial charge < -0.3 is 0 Å². The SMILES string of the molecule is C[B]C(CC(C)C)C(C)C. The molecule has 0 aromatic heterocycles. The Labute approximate surface area is 66.6 Å². The van der Waals surface area contributed by atoms with Gasteiger partial charge in [0.25, 0.3) is 0 Å². The molecule has 0 spiro atoms. The lowest BCUT2D eigenvalue weighted by Crippen LogP contribution is -2.10. The number of hydrogen-bond acceptors (Lipinski definition) is 0. The minimum atomic E-state index is 0.812. The fraction of sp³-hybridized carbons (Fsp3) is 1.00. The molecule has 0 heterocycles. The second kappa shape index (κ2) is 4.82. The molecule has 0 saturated carbocycles. The summed E-state index contributed by atoms with van der Waals surface area (Å²) in [5.74, 6) is 2.47. The van der Waals surface area contributed by atoms with Crippen molar-refractivity contribution in [2.24, 2.45) is 11.8 Å². The third-order valence-corrected chi connectivity index (χ3v) is 2.03. The van der Waals surface area contributed by atoms with Crippen LogP contribution in [-0.4, -0.2) is 7.28 Å². The molecule has 0 bridgehead atoms. The Morgan fingerprint density at radius 2 is 1.60 bits per heavy atom. The monoisotopic (exact) mass is 139 g/mol. The maximum atomic E-state index is 2.34. The van der Waals surface area contributed by atoms with Crippen molar-refractivity contribution < 1.29 is 0 Å². The Morgan fingerprint density at radius 1 is 1.10 bits per heavy atom. The van der Waals surface area contributed by atoms with Crippen LogP contribution in [0.15, 0.2) is 0 Å². The first-order chi connectivity index (χ1) is 4.57. The van der Waals surface area contributed by atoms with Gasteiger partial charge in [-0.25, -0.2) is 0 Å². The van der Waals surface area contributed by atoms with Crippen molar-refractivity contribution in [1.82, 2.24) is 0 Å². The van der Waals surface area contributed by atoms with Crippen LogP contribution in [0.3, 0.4) is 0 Å². The highest BCUT2D eigenvalue weighted by Crippen LogP contribution is 2.24. The van der Waals surface area contributed by atoms with Gasteiger partial charge in [-0.15, -0.1) is 0 Å². The zero-order chi connectivity index (χ0) is 8.15. The van der Waals surface area contributed by atoms with E-state index >= 15 is 0 Å². The summed E-state index contributed by atoms with van der Waals surface area (Å²) in [5, 5.41) is 0. The molecular weight excluding hydrogens is 119 g/mol. The van der Waals surface area contributed by atoms with Crippen LogP contribution in [0.1, 0.15) is 34.1 Å². The molecule has 0 amide bonds. The Morgan fingerprint density at radius 3 is 1.70 bits per heavy atom. The van der Waals surface area contributed by atoms with Gasteiger partial charge in [0.2, 0.25) is 0 Å². The lowest BCUT2D eigenvalue weighted by atomic mass is 9.59. The summed E-state index contributed by atoms with van der Waals surface area (Å²) in [4.78, 5) is 0. The van der Waals surface area contributed by atoms with Gasteiger partial charge in [-0.3, -0.25) is 0 Å². The zero-order valence-electron chi connectivity index (χ0n) is 8.02. The Bertz CT molecular complexity index is 76.8. The topological polar surface area (TPSA) is 0 Å². The quantitative estimate of drug-likeness (QED) is 0.524. The van der Waals surface area contributed by atoms with Crippen molar-refractivity contribution >= 4 is 7.28 Å². The Kier molecular flexibility index (Phi) is 4.85. The maximum Gasteiger partial charge on any atom is 0.110 e. The first-order valence-corrected chi connectivity index (χ1v) is 4.37. The lowest BCUT2D eigenvalue weighted by Gasteiger charge is -2.20. The van der Waals surface area contributed by atoms with Gasteiger partial charge >= 0.3 is 0 Å². The summed E-state index contributed by atoms with van der Waals surface area (Å²) in [6.45, 7) is 11.4. The van der Waals surface area contributed by atoms with Gasteiger partial charge in [-0.1, -0.05) is 52.7 Å². The molecule has 0 saturated heterocycles. The molecule has 0 aromatic carbocycles. The summed E-state index contributed by atoms with van der Waals surface area (Å²) >= 11 is 0. The van der Waals surface area contributed by atoms with Gasteiger partial charge in [0.1, 0.15) is 7.28 Å². The van der Waals surface area contributed by atoms with E-state index in [2.05, 4.69) is 41.8 Å². The van der Waals surface area contributed by atoms with Crippen LogP contribution >= 0.6 is 0 Å². The summed E-state index contributed by atoms with van der Waals surface area (Å²) in [7, 11) is 2.34. The van der Waals surface area contributed by atoms with E-state index in [9.17, 15) is 0 Å². The van der Waals surface area contributed by atoms with E-state index in [0.29, 0.717) is 0 Å². The Balaban J connectivity index is 3.60. The van der Waals surface area contributed by atoms with Crippen LogP contribution in [0, 0.1) is 11.8 Å². The third kappa shape index (κ3) is 3.97. The molecule has 1 radical (unpaired) electrons. The molecule has 0 N–H and O–H groups in total. The Hall–Kier alpha value is 0.0649. The smallest absolute Gasteiger partial charge is 0.0917 e. The third-order valence-electron chi connectivity index (χ3n) is 2.03. The molecular formula is C9H20B. The second-order valence-electron chi connectivity index (χ2n) is 3.87. The van der Waals surface area contributed by atoms with Crippen molar-refractivity contribution in [3.05, 3.63) is 0 Å². The average molecular weight is 139 g/mol. The minimum Gasteiger partial charge on any atom is -0.0917 e. The standard InChI is InChI=1S/C9H20B/c1-7(2)6-9(10-5)8(3)4/h7-9H,6H2,1-5H3. The second-order valence-corrected chi connectivity index (χ2v) is 3.87. The lowest BCUT2D eigenvalue weighted by molar-refractivity contribution is 0.472. The van der Waals surface area contributed by atoms with Crippen molar-refractivity contribution in [2.75, 3.05) is 0 Å². The maximum absolute atomic E-state index is 2.34. The van der Waals surface area contributed by atoms with Crippen LogP contribution in [-0.2, 0) is 0 Å². The van der Waals surface area contributed by atoms with Gasteiger partial charge in [-0.05, 0) is 5.92 Å². The normalized spacial score (nSPS) is 14.3. The minimum absolute atomic E-state index is 0.812. The highest BCUT2D eigenvalue weighted by Gasteiger charge is 2.12. The van der Waals surface area contributed by atoms with Crippen LogP contribution < -0.4 is 0 Å². The van der Waals surface area contributed by atoms with Gasteiger partial charge in [-0.2, -0.15) is 0 Å². The molecule has 0 fully saturated rings. The van der Waals surface area contributed by atoms with Crippen LogP contribution in [0.25, 0.3) is 0 Å². The first kappa shape index (κ1) is 10.1. The van der Waals surface area contributed by atoms with Gasteiger partial charge in [0, 0.05) is 0 Å². The largest absolute Gasteiger partial charge is 0.110 e. The molecule has 0 aliphatic rings. The molecule has 0 aromatic rings. The fourth-order valence-corrected chi connectivity index (χ4v) is 1.34. The van der Waals surface area contributed by atoms with E-state index in [1.165, 1.54) is 6.42 Å². The van der Waals surface area contributed by atoms with E-state index in [-0.39, 0.29) is 0 Å². The summed E-state index contributed by atoms with van der Waals surface area (Å²) < 4.78 is 0. The van der Waals surface area contributed by atoms with Crippen molar-refractivity contribution in [3.63, 3.8) is 0 Å². The summed E-state index contributed by atoms with van der Waals surface area (Å²) in [6.07, 6.45) is 1.34. The molecule has 0 rings (SSSR count). The van der Waals surface area contributed by atoms with Gasteiger partial charge in [0.15, 0.2) is 0 Å². The fourth-order valence-electron chi connectivity index (χ4n) is 1.34. The molecule has 1 atom stereocenters. The molecule has 59 valence electrons. The predicted octanol–water partition coefficient (Wildman–Crippen LogP) is 3.23. The summed E-state index contributed by atoms with van der Waals surface area (Å²) in [5.41, 5.74) is 0. The van der Waals surface area contributed by atoms with E-state index in [4.69, 9.17) is 0 Å². The van der Waals surface area contributed by atoms with E-state index in [1.807, 2.05) is 0 Å². The first-order valence-electron chi connectivity index (χ1n) is 4.37. The highest BCUT2D eigenvalue weighted by molar-refractivity contribution is 6.35. The van der Waals surface area contributed by atoms with Crippen molar-refractivity contribution in [2.45, 2.75) is 46.8 Å². The van der Waals surface area contributed by atoms with E-state index < -0.39 is 0 Å². The predicted molar refractivity (Wildman–Crippen MR) is 49.7 cm³/mol. The zero-order valence-corrected chi connectivity index (χ0v) is 8.02. The van der Waals surface area contributed by atoms with Crippen molar-refractivity contribution in [1.29, 1.82) is 0 Å². The van der Waals surface area contributed by atoms with Crippen molar-refractivity contribution in [3.8, 4) is 0 Å². The van der Waals surface area contributed by atoms with E-state index in [0.717, 1.165) is 17.7 Å². The van der Waals surface area contributed by atoms with Crippen LogP contribution in [0.2, 0.25) is 12.6 Å². The molecule has 10 heavy (non-hydrogen) atoms. The van der Waals surface area contributed by atoms with E-state index in [1.54, 1.807) is 0 Å². The number of hydrogen-bond donors (Lipinski definition) is 0. The van der Waals surface area contributed by atoms with Gasteiger partial charge in [0.05, 0.1) is 0 Å². The van der Waals surface area contributed by atoms with Crippen LogP contribution in [0.5, 0.6) is 0 Å². The number of rotatable bonds is 4. The molecule has 0 aliphatic heterocycles. The molecule has 0 nitrogen and oxygen atoms in total. The average Bonchev–Trinajstić information content (AvgIpc) is 1.81. The summed E-state index contributed by atoms with van der Waals surface area (Å²) in [6, 6.07) is 0. The molecule has 1 heteroatoms. The molecule has 1 unspecified atom stereocenters.